The van der Waals surface area contributed by atoms with Gasteiger partial charge in [-0.2, -0.15) is 5.10 Å². The largest absolute Gasteiger partial charge is 0.488 e. The highest BCUT2D eigenvalue weighted by molar-refractivity contribution is 14.0. The van der Waals surface area contributed by atoms with Crippen molar-refractivity contribution in [3.05, 3.63) is 47.8 Å². The third-order valence-corrected chi connectivity index (χ3v) is 3.75. The van der Waals surface area contributed by atoms with Crippen molar-refractivity contribution in [1.29, 1.82) is 0 Å². The number of para-hydroxylation sites is 1. The monoisotopic (exact) mass is 485 g/mol. The Bertz CT molecular complexity index is 721. The summed E-state index contributed by atoms with van der Waals surface area (Å²) in [5, 5.41) is 10.9. The van der Waals surface area contributed by atoms with E-state index in [2.05, 4.69) is 53.8 Å². The molecular weight excluding hydrogens is 453 g/mol. The highest BCUT2D eigenvalue weighted by Crippen LogP contribution is 2.22. The third kappa shape index (κ3) is 8.64. The van der Waals surface area contributed by atoms with E-state index >= 15 is 0 Å². The van der Waals surface area contributed by atoms with Crippen LogP contribution >= 0.6 is 24.0 Å². The summed E-state index contributed by atoms with van der Waals surface area (Å²) in [6, 6.07) is 8.10. The Balaban J connectivity index is 0.00000364. The quantitative estimate of drug-likeness (QED) is 0.273. The molecule has 2 rings (SSSR count). The Morgan fingerprint density at radius 3 is 2.59 bits per heavy atom. The van der Waals surface area contributed by atoms with E-state index in [1.54, 1.807) is 7.05 Å². The fourth-order valence-corrected chi connectivity index (χ4v) is 2.58. The number of benzene rings is 1. The van der Waals surface area contributed by atoms with Gasteiger partial charge in [0.2, 0.25) is 0 Å². The summed E-state index contributed by atoms with van der Waals surface area (Å²) in [4.78, 5) is 4.29. The van der Waals surface area contributed by atoms with Gasteiger partial charge in [-0.05, 0) is 45.2 Å². The highest BCUT2D eigenvalue weighted by Gasteiger charge is 2.14. The zero-order valence-corrected chi connectivity index (χ0v) is 19.3. The van der Waals surface area contributed by atoms with E-state index in [0.717, 1.165) is 36.7 Å². The van der Waals surface area contributed by atoms with Gasteiger partial charge in [0, 0.05) is 38.9 Å². The Labute approximate surface area is 179 Å². The lowest BCUT2D eigenvalue weighted by molar-refractivity contribution is 0.129. The highest BCUT2D eigenvalue weighted by atomic mass is 127. The number of aryl methyl sites for hydroxylation is 2. The molecule has 27 heavy (non-hydrogen) atoms. The number of hydrogen-bond acceptors (Lipinski definition) is 3. The van der Waals surface area contributed by atoms with E-state index < -0.39 is 0 Å². The molecule has 0 atom stereocenters. The molecule has 0 unspecified atom stereocenters. The maximum Gasteiger partial charge on any atom is 0.191 e. The maximum atomic E-state index is 6.04. The molecule has 2 N–H and O–H groups in total. The van der Waals surface area contributed by atoms with E-state index in [1.807, 2.05) is 36.1 Å². The lowest BCUT2D eigenvalue weighted by Gasteiger charge is -2.23. The first-order valence-electron chi connectivity index (χ1n) is 9.06. The van der Waals surface area contributed by atoms with Gasteiger partial charge < -0.3 is 15.4 Å². The second kappa shape index (κ2) is 11.2. The van der Waals surface area contributed by atoms with Crippen LogP contribution in [0.5, 0.6) is 5.75 Å². The minimum absolute atomic E-state index is 0. The summed E-state index contributed by atoms with van der Waals surface area (Å²) >= 11 is 0. The molecular formula is C20H32IN5O. The fraction of sp³-hybridized carbons (Fsp3) is 0.500. The molecule has 7 heteroatoms. The maximum absolute atomic E-state index is 6.04. The predicted molar refractivity (Wildman–Crippen MR) is 122 cm³/mol. The summed E-state index contributed by atoms with van der Waals surface area (Å²) in [5.41, 5.74) is 2.15. The minimum atomic E-state index is -0.220. The van der Waals surface area contributed by atoms with Crippen molar-refractivity contribution in [2.24, 2.45) is 12.0 Å². The Morgan fingerprint density at radius 1 is 1.22 bits per heavy atom. The van der Waals surface area contributed by atoms with E-state index in [0.29, 0.717) is 6.54 Å². The molecule has 1 heterocycles. The van der Waals surface area contributed by atoms with Gasteiger partial charge in [0.05, 0.1) is 6.20 Å². The van der Waals surface area contributed by atoms with Gasteiger partial charge >= 0.3 is 0 Å². The summed E-state index contributed by atoms with van der Waals surface area (Å²) in [6.45, 7) is 7.68. The van der Waals surface area contributed by atoms with Gasteiger partial charge in [-0.1, -0.05) is 18.2 Å². The zero-order chi connectivity index (χ0) is 19.0. The van der Waals surface area contributed by atoms with Crippen molar-refractivity contribution < 1.29 is 4.74 Å². The molecule has 0 aliphatic heterocycles. The summed E-state index contributed by atoms with van der Waals surface area (Å²) in [7, 11) is 3.72. The summed E-state index contributed by atoms with van der Waals surface area (Å²) in [6.07, 6.45) is 5.99. The first-order chi connectivity index (χ1) is 12.4. The number of rotatable bonds is 7. The molecule has 0 aliphatic carbocycles. The van der Waals surface area contributed by atoms with Crippen molar-refractivity contribution in [2.45, 2.75) is 45.8 Å². The lowest BCUT2D eigenvalue weighted by atomic mass is 10.1. The zero-order valence-electron chi connectivity index (χ0n) is 17.0. The van der Waals surface area contributed by atoms with Crippen LogP contribution in [-0.4, -0.2) is 34.9 Å². The van der Waals surface area contributed by atoms with Crippen LogP contribution in [-0.2, 0) is 20.0 Å². The van der Waals surface area contributed by atoms with E-state index in [-0.39, 0.29) is 29.6 Å². The molecule has 0 aliphatic rings. The molecule has 0 amide bonds. The number of halogens is 1. The number of aliphatic imine (C=N–C) groups is 1. The molecule has 0 spiro atoms. The number of nitrogens with zero attached hydrogens (tertiary/aromatic N) is 3. The second-order valence-electron chi connectivity index (χ2n) is 7.30. The summed E-state index contributed by atoms with van der Waals surface area (Å²) in [5.74, 6) is 1.70. The van der Waals surface area contributed by atoms with Crippen molar-refractivity contribution in [3.8, 4) is 5.75 Å². The first-order valence-corrected chi connectivity index (χ1v) is 9.06. The lowest BCUT2D eigenvalue weighted by Crippen LogP contribution is -2.37. The predicted octanol–water partition coefficient (Wildman–Crippen LogP) is 3.51. The van der Waals surface area contributed by atoms with Crippen molar-refractivity contribution in [2.75, 3.05) is 13.6 Å². The van der Waals surface area contributed by atoms with Crippen LogP contribution in [0.2, 0.25) is 0 Å². The minimum Gasteiger partial charge on any atom is -0.488 e. The van der Waals surface area contributed by atoms with Crippen LogP contribution in [0.4, 0.5) is 0 Å². The standard InChI is InChI=1S/C20H31N5O.HI/c1-20(2,3)26-18-11-7-6-10-17(18)14-23-19(21-4)22-12-8-9-16-13-24-25(5)15-16;/h6-7,10-11,13,15H,8-9,12,14H2,1-5H3,(H2,21,22,23);1H. The van der Waals surface area contributed by atoms with Gasteiger partial charge in [-0.15, -0.1) is 24.0 Å². The van der Waals surface area contributed by atoms with Crippen molar-refractivity contribution in [3.63, 3.8) is 0 Å². The van der Waals surface area contributed by atoms with E-state index in [4.69, 9.17) is 4.74 Å². The smallest absolute Gasteiger partial charge is 0.191 e. The molecule has 150 valence electrons. The van der Waals surface area contributed by atoms with Gasteiger partial charge in [-0.3, -0.25) is 9.67 Å². The normalized spacial score (nSPS) is 11.7. The fourth-order valence-electron chi connectivity index (χ4n) is 2.58. The van der Waals surface area contributed by atoms with Crippen LogP contribution in [0.3, 0.4) is 0 Å². The van der Waals surface area contributed by atoms with Crippen LogP contribution in [0.1, 0.15) is 38.3 Å². The van der Waals surface area contributed by atoms with Crippen LogP contribution < -0.4 is 15.4 Å². The number of nitrogens with one attached hydrogen (secondary N) is 2. The van der Waals surface area contributed by atoms with Gasteiger partial charge in [-0.25, -0.2) is 0 Å². The molecule has 0 saturated heterocycles. The Kier molecular flexibility index (Phi) is 9.62. The van der Waals surface area contributed by atoms with Crippen molar-refractivity contribution in [1.82, 2.24) is 20.4 Å². The molecule has 2 aromatic rings. The van der Waals surface area contributed by atoms with Crippen LogP contribution in [0.25, 0.3) is 0 Å². The van der Waals surface area contributed by atoms with E-state index in [9.17, 15) is 0 Å². The van der Waals surface area contributed by atoms with Crippen LogP contribution in [0, 0.1) is 0 Å². The van der Waals surface area contributed by atoms with Crippen molar-refractivity contribution >= 4 is 29.9 Å². The van der Waals surface area contributed by atoms with Gasteiger partial charge in [0.15, 0.2) is 5.96 Å². The molecule has 1 aromatic carbocycles. The average molecular weight is 485 g/mol. The molecule has 0 fully saturated rings. The molecule has 0 bridgehead atoms. The molecule has 1 aromatic heterocycles. The first kappa shape index (κ1) is 23.3. The summed E-state index contributed by atoms with van der Waals surface area (Å²) < 4.78 is 7.87. The van der Waals surface area contributed by atoms with Gasteiger partial charge in [0.25, 0.3) is 0 Å². The number of hydrogen-bond donors (Lipinski definition) is 2. The topological polar surface area (TPSA) is 63.5 Å². The SMILES string of the molecule is CN=C(NCCCc1cnn(C)c1)NCc1ccccc1OC(C)(C)C.I. The Hall–Kier alpha value is -1.77. The molecule has 0 radical (unpaired) electrons. The second-order valence-corrected chi connectivity index (χ2v) is 7.30. The van der Waals surface area contributed by atoms with E-state index in [1.165, 1.54) is 5.56 Å². The number of guanidine groups is 1. The number of aromatic nitrogens is 2. The average Bonchev–Trinajstić information content (AvgIpc) is 2.99. The number of ether oxygens (including phenoxy) is 1. The Morgan fingerprint density at radius 2 is 1.96 bits per heavy atom. The van der Waals surface area contributed by atoms with Crippen LogP contribution in [0.15, 0.2) is 41.7 Å². The van der Waals surface area contributed by atoms with Gasteiger partial charge in [0.1, 0.15) is 11.4 Å². The third-order valence-electron chi connectivity index (χ3n) is 3.75. The molecule has 6 nitrogen and oxygen atoms in total. The molecule has 0 saturated carbocycles.